The van der Waals surface area contributed by atoms with E-state index < -0.39 is 12.1 Å². The van der Waals surface area contributed by atoms with E-state index in [9.17, 15) is 14.4 Å². The summed E-state index contributed by atoms with van der Waals surface area (Å²) in [5.74, 6) is -1.04. The van der Waals surface area contributed by atoms with Gasteiger partial charge in [-0.25, -0.2) is 0 Å². The number of ether oxygens (including phenoxy) is 3. The summed E-state index contributed by atoms with van der Waals surface area (Å²) in [6.07, 6.45) is 82.4. The molecule has 1 atom stereocenters. The second kappa shape index (κ2) is 63.4. The monoisotopic (exact) mass is 1050 g/mol. The summed E-state index contributed by atoms with van der Waals surface area (Å²) in [7, 11) is 0. The average molecular weight is 1050 g/mol. The number of carbonyl (C=O) groups excluding carboxylic acids is 3. The molecule has 0 fully saturated rings. The van der Waals surface area contributed by atoms with E-state index in [1.54, 1.807) is 6.08 Å². The van der Waals surface area contributed by atoms with Crippen molar-refractivity contribution in [1.82, 2.24) is 0 Å². The first kappa shape index (κ1) is 71.8. The molecule has 0 amide bonds. The van der Waals surface area contributed by atoms with Crippen molar-refractivity contribution in [3.63, 3.8) is 0 Å². The second-order valence-electron chi connectivity index (χ2n) is 21.7. The summed E-state index contributed by atoms with van der Waals surface area (Å²) < 4.78 is 16.8. The fraction of sp³-hybridized carbons (Fsp3) is 0.783. The fourth-order valence-corrected chi connectivity index (χ4v) is 9.40. The van der Waals surface area contributed by atoms with Crippen molar-refractivity contribution in [2.45, 2.75) is 335 Å². The number of hydrogen-bond donors (Lipinski definition) is 0. The summed E-state index contributed by atoms with van der Waals surface area (Å²) in [6.45, 7) is 6.47. The van der Waals surface area contributed by atoms with Crippen LogP contribution in [0.3, 0.4) is 0 Å². The van der Waals surface area contributed by atoms with E-state index in [2.05, 4.69) is 81.5 Å². The Morgan fingerprint density at radius 3 is 0.867 bits per heavy atom. The van der Waals surface area contributed by atoms with E-state index in [1.165, 1.54) is 205 Å². The largest absolute Gasteiger partial charge is 0.462 e. The molecule has 0 aliphatic carbocycles. The van der Waals surface area contributed by atoms with Crippen molar-refractivity contribution in [3.8, 4) is 0 Å². The Morgan fingerprint density at radius 2 is 0.560 bits per heavy atom. The van der Waals surface area contributed by atoms with Crippen LogP contribution in [0, 0.1) is 0 Å². The highest BCUT2D eigenvalue weighted by molar-refractivity contribution is 5.72. The molecule has 0 aliphatic rings. The van der Waals surface area contributed by atoms with Gasteiger partial charge < -0.3 is 14.2 Å². The lowest BCUT2D eigenvalue weighted by Crippen LogP contribution is -2.30. The molecule has 0 bridgehead atoms. The molecule has 0 aromatic rings. The van der Waals surface area contributed by atoms with Crippen LogP contribution in [0.1, 0.15) is 329 Å². The number of hydrogen-bond acceptors (Lipinski definition) is 6. The topological polar surface area (TPSA) is 78.9 Å². The molecule has 0 N–H and O–H groups in total. The maximum absolute atomic E-state index is 12.8. The Labute approximate surface area is 465 Å². The molecular formula is C69H122O6. The van der Waals surface area contributed by atoms with E-state index in [0.29, 0.717) is 12.8 Å². The van der Waals surface area contributed by atoms with Gasteiger partial charge in [0.2, 0.25) is 0 Å². The molecule has 0 spiro atoms. The predicted octanol–water partition coefficient (Wildman–Crippen LogP) is 22.1. The van der Waals surface area contributed by atoms with Gasteiger partial charge in [-0.3, -0.25) is 14.4 Å². The minimum Gasteiger partial charge on any atom is -0.462 e. The molecule has 0 aliphatic heterocycles. The lowest BCUT2D eigenvalue weighted by molar-refractivity contribution is -0.166. The smallest absolute Gasteiger partial charge is 0.310 e. The van der Waals surface area contributed by atoms with Gasteiger partial charge in [-0.05, 0) is 70.6 Å². The first-order valence-electron chi connectivity index (χ1n) is 32.4. The third-order valence-electron chi connectivity index (χ3n) is 14.2. The third-order valence-corrected chi connectivity index (χ3v) is 14.2. The first-order valence-corrected chi connectivity index (χ1v) is 32.4. The van der Waals surface area contributed by atoms with E-state index in [0.717, 1.165) is 83.5 Å². The zero-order valence-electron chi connectivity index (χ0n) is 49.8. The molecular weight excluding hydrogens is 925 g/mol. The summed E-state index contributed by atoms with van der Waals surface area (Å²) in [6, 6.07) is 0. The van der Waals surface area contributed by atoms with Gasteiger partial charge in [0.25, 0.3) is 0 Å². The summed E-state index contributed by atoms with van der Waals surface area (Å²) in [5.41, 5.74) is 0. The van der Waals surface area contributed by atoms with Gasteiger partial charge in [0.1, 0.15) is 13.2 Å². The standard InChI is InChI=1S/C69H122O6/c1-4-7-10-13-16-19-22-25-28-29-30-31-32-33-34-35-36-37-38-39-42-44-47-50-53-56-59-62-68(71)74-65-66(75-69(72)63-60-57-54-51-48-45-41-27-24-21-18-15-12-9-6-3)64-73-67(70)61-58-55-52-49-46-43-40-26-23-20-17-14-11-8-5-2/h9,12,18,21,26-27,40-41,48,51,57,60,66H,4-8,10-11,13-17,19-20,22-25,28-39,42-47,49-50,52-56,58-59,61-65H2,1-3H3/b12-9-,21-18-,40-26-,41-27-,51-48-,60-57-. The lowest BCUT2D eigenvalue weighted by atomic mass is 10.0. The zero-order valence-corrected chi connectivity index (χ0v) is 49.8. The van der Waals surface area contributed by atoms with Crippen LogP contribution >= 0.6 is 0 Å². The molecule has 0 rings (SSSR count). The normalized spacial score (nSPS) is 12.5. The molecule has 1 unspecified atom stereocenters. The summed E-state index contributed by atoms with van der Waals surface area (Å²) in [4.78, 5) is 38.2. The number of carbonyl (C=O) groups is 3. The van der Waals surface area contributed by atoms with Crippen LogP contribution in [-0.4, -0.2) is 37.2 Å². The highest BCUT2D eigenvalue weighted by Crippen LogP contribution is 2.17. The molecule has 75 heavy (non-hydrogen) atoms. The maximum atomic E-state index is 12.8. The van der Waals surface area contributed by atoms with Crippen molar-refractivity contribution in [2.24, 2.45) is 0 Å². The van der Waals surface area contributed by atoms with E-state index >= 15 is 0 Å². The number of allylic oxidation sites excluding steroid dienone is 11. The fourth-order valence-electron chi connectivity index (χ4n) is 9.40. The third kappa shape index (κ3) is 61.6. The molecule has 6 nitrogen and oxygen atoms in total. The number of esters is 3. The Kier molecular flexibility index (Phi) is 60.7. The molecule has 0 saturated heterocycles. The summed E-state index contributed by atoms with van der Waals surface area (Å²) in [5, 5.41) is 0. The van der Waals surface area contributed by atoms with E-state index in [1.807, 2.05) is 6.08 Å². The highest BCUT2D eigenvalue weighted by atomic mass is 16.6. The maximum Gasteiger partial charge on any atom is 0.310 e. The zero-order chi connectivity index (χ0) is 54.3. The second-order valence-corrected chi connectivity index (χ2v) is 21.7. The average Bonchev–Trinajstić information content (AvgIpc) is 3.41. The van der Waals surface area contributed by atoms with Gasteiger partial charge in [-0.15, -0.1) is 0 Å². The SMILES string of the molecule is CC/C=C\C/C=C\C/C=C\C/C=C\C/C=C\CC(=O)OC(COC(=O)CCCCCCC/C=C\CCCCCCCC)COC(=O)CCCCCCCCCCCCCCCCCCCCCCCCCCCCC. The van der Waals surface area contributed by atoms with Gasteiger partial charge in [0.05, 0.1) is 6.42 Å². The number of rotatable bonds is 59. The molecule has 6 heteroatoms. The van der Waals surface area contributed by atoms with Crippen LogP contribution in [-0.2, 0) is 28.6 Å². The molecule has 0 heterocycles. The Morgan fingerprint density at radius 1 is 0.293 bits per heavy atom. The van der Waals surface area contributed by atoms with Crippen molar-refractivity contribution in [2.75, 3.05) is 13.2 Å². The Balaban J connectivity index is 4.29. The van der Waals surface area contributed by atoms with Crippen LogP contribution < -0.4 is 0 Å². The lowest BCUT2D eigenvalue weighted by Gasteiger charge is -2.18. The van der Waals surface area contributed by atoms with Gasteiger partial charge >= 0.3 is 17.9 Å². The van der Waals surface area contributed by atoms with Crippen molar-refractivity contribution >= 4 is 17.9 Å². The van der Waals surface area contributed by atoms with Crippen molar-refractivity contribution in [1.29, 1.82) is 0 Å². The quantitative estimate of drug-likeness (QED) is 0.0261. The van der Waals surface area contributed by atoms with Crippen molar-refractivity contribution in [3.05, 3.63) is 72.9 Å². The predicted molar refractivity (Wildman–Crippen MR) is 325 cm³/mol. The first-order chi connectivity index (χ1) is 37.0. The van der Waals surface area contributed by atoms with E-state index in [-0.39, 0.29) is 31.6 Å². The summed E-state index contributed by atoms with van der Waals surface area (Å²) >= 11 is 0. The van der Waals surface area contributed by atoms with Crippen LogP contribution in [0.2, 0.25) is 0 Å². The number of unbranched alkanes of at least 4 members (excludes halogenated alkanes) is 37. The molecule has 0 aromatic carbocycles. The van der Waals surface area contributed by atoms with Gasteiger partial charge in [0, 0.05) is 12.8 Å². The molecule has 434 valence electrons. The van der Waals surface area contributed by atoms with E-state index in [4.69, 9.17) is 14.2 Å². The van der Waals surface area contributed by atoms with Crippen LogP contribution in [0.4, 0.5) is 0 Å². The van der Waals surface area contributed by atoms with Crippen LogP contribution in [0.15, 0.2) is 72.9 Å². The highest BCUT2D eigenvalue weighted by Gasteiger charge is 2.19. The minimum absolute atomic E-state index is 0.0977. The van der Waals surface area contributed by atoms with Gasteiger partial charge in [-0.2, -0.15) is 0 Å². The molecule has 0 aromatic heterocycles. The molecule has 0 radical (unpaired) electrons. The molecule has 0 saturated carbocycles. The van der Waals surface area contributed by atoms with Crippen LogP contribution in [0.25, 0.3) is 0 Å². The van der Waals surface area contributed by atoms with Gasteiger partial charge in [0.15, 0.2) is 6.10 Å². The minimum atomic E-state index is -0.832. The Bertz CT molecular complexity index is 1390. The van der Waals surface area contributed by atoms with Gasteiger partial charge in [-0.1, -0.05) is 312 Å². The Hall–Kier alpha value is -3.15. The van der Waals surface area contributed by atoms with Crippen molar-refractivity contribution < 1.29 is 28.6 Å². The van der Waals surface area contributed by atoms with Crippen LogP contribution in [0.5, 0.6) is 0 Å².